The van der Waals surface area contributed by atoms with Crippen molar-refractivity contribution in [2.24, 2.45) is 0 Å². The minimum Gasteiger partial charge on any atom is -0.243 e. The molecule has 0 aliphatic heterocycles. The van der Waals surface area contributed by atoms with E-state index in [2.05, 4.69) is 46.8 Å². The first-order chi connectivity index (χ1) is 10.1. The number of hydrogen-bond donors (Lipinski definition) is 0. The lowest BCUT2D eigenvalue weighted by Crippen LogP contribution is -1.99. The van der Waals surface area contributed by atoms with Crippen LogP contribution in [-0.2, 0) is 6.42 Å². The standard InChI is InChI=1S/C15H10Br2ClN3/c1-2-10-12(17)14(18)21-15(20-10)13-9(16)7-8-5-3-4-6-11(8)19-13/h3-7H,2H2,1H3. The lowest BCUT2D eigenvalue weighted by atomic mass is 10.2. The van der Waals surface area contributed by atoms with E-state index in [-0.39, 0.29) is 0 Å². The van der Waals surface area contributed by atoms with Gasteiger partial charge in [-0.25, -0.2) is 15.0 Å². The van der Waals surface area contributed by atoms with Gasteiger partial charge in [-0.2, -0.15) is 0 Å². The molecule has 0 radical (unpaired) electrons. The third-order valence-corrected chi connectivity index (χ3v) is 5.04. The SMILES string of the molecule is CCc1nc(-c2nc3ccccc3cc2Br)nc(Cl)c1Br. The summed E-state index contributed by atoms with van der Waals surface area (Å²) in [5, 5.41) is 1.46. The molecule has 0 N–H and O–H groups in total. The summed E-state index contributed by atoms with van der Waals surface area (Å²) in [5.74, 6) is 0.526. The van der Waals surface area contributed by atoms with Crippen LogP contribution >= 0.6 is 43.5 Å². The van der Waals surface area contributed by atoms with Crippen molar-refractivity contribution in [3.05, 3.63) is 50.1 Å². The van der Waals surface area contributed by atoms with E-state index in [0.29, 0.717) is 16.7 Å². The Hall–Kier alpha value is -1.04. The van der Waals surface area contributed by atoms with E-state index in [9.17, 15) is 0 Å². The summed E-state index contributed by atoms with van der Waals surface area (Å²) in [7, 11) is 0. The van der Waals surface area contributed by atoms with E-state index in [4.69, 9.17) is 11.6 Å². The van der Waals surface area contributed by atoms with Gasteiger partial charge in [0, 0.05) is 9.86 Å². The predicted molar refractivity (Wildman–Crippen MR) is 92.6 cm³/mol. The number of halogens is 3. The Morgan fingerprint density at radius 1 is 1.10 bits per heavy atom. The molecule has 3 nitrogen and oxygen atoms in total. The van der Waals surface area contributed by atoms with Gasteiger partial charge in [-0.3, -0.25) is 0 Å². The van der Waals surface area contributed by atoms with Crippen LogP contribution in [0.15, 0.2) is 39.3 Å². The highest BCUT2D eigenvalue weighted by Gasteiger charge is 2.15. The predicted octanol–water partition coefficient (Wildman–Crippen LogP) is 5.43. The largest absolute Gasteiger partial charge is 0.243 e. The number of para-hydroxylation sites is 1. The zero-order valence-corrected chi connectivity index (χ0v) is 15.0. The maximum atomic E-state index is 6.18. The van der Waals surface area contributed by atoms with E-state index in [1.54, 1.807) is 0 Å². The van der Waals surface area contributed by atoms with Crippen LogP contribution in [0.5, 0.6) is 0 Å². The van der Waals surface area contributed by atoms with Crippen LogP contribution in [0.3, 0.4) is 0 Å². The first-order valence-electron chi connectivity index (χ1n) is 6.37. The maximum absolute atomic E-state index is 6.18. The summed E-state index contributed by atoms with van der Waals surface area (Å²) in [6, 6.07) is 9.94. The zero-order chi connectivity index (χ0) is 15.0. The third-order valence-electron chi connectivity index (χ3n) is 3.10. The molecular formula is C15H10Br2ClN3. The molecule has 0 unspecified atom stereocenters. The van der Waals surface area contributed by atoms with Gasteiger partial charge in [0.25, 0.3) is 0 Å². The van der Waals surface area contributed by atoms with Crippen LogP contribution in [0.1, 0.15) is 12.6 Å². The molecule has 1 aromatic carbocycles. The summed E-state index contributed by atoms with van der Waals surface area (Å²) in [4.78, 5) is 13.5. The summed E-state index contributed by atoms with van der Waals surface area (Å²) in [6.45, 7) is 2.02. The van der Waals surface area contributed by atoms with Gasteiger partial charge in [0.15, 0.2) is 5.82 Å². The van der Waals surface area contributed by atoms with Gasteiger partial charge >= 0.3 is 0 Å². The summed E-state index contributed by atoms with van der Waals surface area (Å²) < 4.78 is 1.59. The summed E-state index contributed by atoms with van der Waals surface area (Å²) in [5.41, 5.74) is 2.46. The van der Waals surface area contributed by atoms with Gasteiger partial charge in [0.05, 0.1) is 15.7 Å². The molecule has 0 fully saturated rings. The molecule has 0 aliphatic carbocycles. The molecule has 106 valence electrons. The number of aryl methyl sites for hydroxylation is 1. The van der Waals surface area contributed by atoms with Gasteiger partial charge in [-0.1, -0.05) is 36.7 Å². The minimum atomic E-state index is 0.402. The Bertz CT molecular complexity index is 837. The molecule has 2 heterocycles. The van der Waals surface area contributed by atoms with Crippen LogP contribution in [0.2, 0.25) is 5.15 Å². The van der Waals surface area contributed by atoms with Crippen molar-refractivity contribution in [1.29, 1.82) is 0 Å². The van der Waals surface area contributed by atoms with Crippen molar-refractivity contribution in [3.8, 4) is 11.5 Å². The van der Waals surface area contributed by atoms with Crippen molar-refractivity contribution in [2.45, 2.75) is 13.3 Å². The van der Waals surface area contributed by atoms with E-state index >= 15 is 0 Å². The van der Waals surface area contributed by atoms with Gasteiger partial charge in [-0.05, 0) is 50.4 Å². The van der Waals surface area contributed by atoms with Crippen LogP contribution in [-0.4, -0.2) is 15.0 Å². The van der Waals surface area contributed by atoms with Crippen molar-refractivity contribution in [3.63, 3.8) is 0 Å². The van der Waals surface area contributed by atoms with Crippen LogP contribution in [0.4, 0.5) is 0 Å². The number of pyridine rings is 1. The van der Waals surface area contributed by atoms with Gasteiger partial charge in [-0.15, -0.1) is 0 Å². The van der Waals surface area contributed by atoms with Crippen molar-refractivity contribution >= 4 is 54.4 Å². The zero-order valence-electron chi connectivity index (χ0n) is 11.1. The number of nitrogens with zero attached hydrogens (tertiary/aromatic N) is 3. The Morgan fingerprint density at radius 3 is 2.62 bits per heavy atom. The highest BCUT2D eigenvalue weighted by atomic mass is 79.9. The second-order valence-electron chi connectivity index (χ2n) is 4.46. The smallest absolute Gasteiger partial charge is 0.181 e. The lowest BCUT2D eigenvalue weighted by Gasteiger charge is -2.08. The monoisotopic (exact) mass is 425 g/mol. The molecular weight excluding hydrogens is 417 g/mol. The Kier molecular flexibility index (Phi) is 4.24. The molecule has 0 aliphatic rings. The minimum absolute atomic E-state index is 0.402. The molecule has 0 atom stereocenters. The average Bonchev–Trinajstić information content (AvgIpc) is 2.49. The number of aromatic nitrogens is 3. The second-order valence-corrected chi connectivity index (χ2v) is 6.47. The molecule has 21 heavy (non-hydrogen) atoms. The van der Waals surface area contributed by atoms with E-state index in [1.807, 2.05) is 37.3 Å². The fourth-order valence-corrected chi connectivity index (χ4v) is 3.21. The lowest BCUT2D eigenvalue weighted by molar-refractivity contribution is 0.985. The van der Waals surface area contributed by atoms with E-state index < -0.39 is 0 Å². The first kappa shape index (κ1) is 14.9. The number of benzene rings is 1. The summed E-state index contributed by atoms with van der Waals surface area (Å²) >= 11 is 13.1. The van der Waals surface area contributed by atoms with E-state index in [0.717, 1.165) is 32.0 Å². The highest BCUT2D eigenvalue weighted by molar-refractivity contribution is 9.11. The molecule has 0 bridgehead atoms. The average molecular weight is 428 g/mol. The molecule has 0 saturated heterocycles. The second kappa shape index (κ2) is 5.99. The van der Waals surface area contributed by atoms with Crippen LogP contribution < -0.4 is 0 Å². The Morgan fingerprint density at radius 2 is 1.86 bits per heavy atom. The topological polar surface area (TPSA) is 38.7 Å². The fourth-order valence-electron chi connectivity index (χ4n) is 2.05. The highest BCUT2D eigenvalue weighted by Crippen LogP contribution is 2.31. The van der Waals surface area contributed by atoms with Crippen molar-refractivity contribution in [2.75, 3.05) is 0 Å². The Labute approximate surface area is 144 Å². The normalized spacial score (nSPS) is 11.0. The molecule has 0 spiro atoms. The number of hydrogen-bond acceptors (Lipinski definition) is 3. The third kappa shape index (κ3) is 2.82. The number of rotatable bonds is 2. The quantitative estimate of drug-likeness (QED) is 0.512. The molecule has 6 heteroatoms. The maximum Gasteiger partial charge on any atom is 0.181 e. The molecule has 0 saturated carbocycles. The van der Waals surface area contributed by atoms with Gasteiger partial charge < -0.3 is 0 Å². The van der Waals surface area contributed by atoms with Gasteiger partial charge in [0.2, 0.25) is 0 Å². The fraction of sp³-hybridized carbons (Fsp3) is 0.133. The van der Waals surface area contributed by atoms with Crippen molar-refractivity contribution < 1.29 is 0 Å². The molecule has 3 rings (SSSR count). The van der Waals surface area contributed by atoms with Crippen LogP contribution in [0, 0.1) is 0 Å². The van der Waals surface area contributed by atoms with Crippen molar-refractivity contribution in [1.82, 2.24) is 15.0 Å². The van der Waals surface area contributed by atoms with E-state index in [1.165, 1.54) is 0 Å². The molecule has 0 amide bonds. The first-order valence-corrected chi connectivity index (χ1v) is 8.34. The molecule has 2 aromatic heterocycles. The number of fused-ring (bicyclic) bond motifs is 1. The van der Waals surface area contributed by atoms with Gasteiger partial charge in [0.1, 0.15) is 10.8 Å². The molecule has 3 aromatic rings. The summed E-state index contributed by atoms with van der Waals surface area (Å²) in [6.07, 6.45) is 0.765. The van der Waals surface area contributed by atoms with Crippen LogP contribution in [0.25, 0.3) is 22.4 Å². The Balaban J connectivity index is 2.25.